The van der Waals surface area contributed by atoms with Crippen molar-refractivity contribution in [2.45, 2.75) is 45.3 Å². The molecule has 0 bridgehead atoms. The van der Waals surface area contributed by atoms with Crippen molar-refractivity contribution in [2.24, 2.45) is 0 Å². The summed E-state index contributed by atoms with van der Waals surface area (Å²) in [4.78, 5) is 49.7. The number of hydrogen-bond donors (Lipinski definition) is 1. The predicted molar refractivity (Wildman–Crippen MR) is 179 cm³/mol. The molecule has 4 aromatic rings. The number of nitrogens with two attached hydrogens (primary N) is 1. The van der Waals surface area contributed by atoms with Crippen LogP contribution in [-0.4, -0.2) is 57.2 Å². The van der Waals surface area contributed by atoms with Gasteiger partial charge in [0.05, 0.1) is 45.5 Å². The molecule has 1 unspecified atom stereocenters. The Labute approximate surface area is 286 Å². The van der Waals surface area contributed by atoms with E-state index in [0.29, 0.717) is 23.7 Å². The number of carbonyl (C=O) groups excluding carboxylic acids is 1. The SMILES string of the molecule is C=CC(=O)N1CCN2c3c(c(=O)n(-c4c(C)ccnc4C(C)C)c4c(=O)n(-c5c(N)c(Cl)cc(Cl)c5F)c(C(F)(F)F)cc34)OCCC2C1. The zero-order chi connectivity index (χ0) is 35.7. The third-order valence-corrected chi connectivity index (χ3v) is 9.44. The number of alkyl halides is 3. The van der Waals surface area contributed by atoms with E-state index in [4.69, 9.17) is 33.7 Å². The van der Waals surface area contributed by atoms with Crippen molar-refractivity contribution in [1.82, 2.24) is 19.0 Å². The Morgan fingerprint density at radius 3 is 2.47 bits per heavy atom. The predicted octanol–water partition coefficient (Wildman–Crippen LogP) is 6.00. The fraction of sp³-hybridized carbons (Fsp3) is 0.333. The number of hydrogen-bond acceptors (Lipinski definition) is 7. The van der Waals surface area contributed by atoms with Crippen molar-refractivity contribution >= 4 is 51.4 Å². The molecule has 2 aliphatic rings. The van der Waals surface area contributed by atoms with Crippen molar-refractivity contribution in [3.05, 3.63) is 90.6 Å². The van der Waals surface area contributed by atoms with Crippen LogP contribution >= 0.6 is 23.2 Å². The molecule has 0 radical (unpaired) electrons. The van der Waals surface area contributed by atoms with Gasteiger partial charge in [-0.1, -0.05) is 43.6 Å². The second-order valence-corrected chi connectivity index (χ2v) is 13.0. The van der Waals surface area contributed by atoms with Gasteiger partial charge >= 0.3 is 6.18 Å². The van der Waals surface area contributed by atoms with Crippen LogP contribution in [-0.2, 0) is 11.0 Å². The number of nitrogens with zero attached hydrogens (tertiary/aromatic N) is 5. The van der Waals surface area contributed by atoms with Gasteiger partial charge in [0.25, 0.3) is 11.1 Å². The maximum Gasteiger partial charge on any atom is 0.431 e. The number of rotatable bonds is 4. The Morgan fingerprint density at radius 2 is 1.82 bits per heavy atom. The first kappa shape index (κ1) is 34.3. The maximum absolute atomic E-state index is 15.7. The molecule has 2 aliphatic heterocycles. The van der Waals surface area contributed by atoms with Gasteiger partial charge in [-0.2, -0.15) is 13.2 Å². The van der Waals surface area contributed by atoms with E-state index in [1.54, 1.807) is 36.6 Å². The Morgan fingerprint density at radius 1 is 1.10 bits per heavy atom. The summed E-state index contributed by atoms with van der Waals surface area (Å²) in [5, 5.41) is -1.36. The first-order chi connectivity index (χ1) is 23.1. The number of fused-ring (bicyclic) bond motifs is 5. The highest BCUT2D eigenvalue weighted by Gasteiger charge is 2.41. The molecule has 49 heavy (non-hydrogen) atoms. The normalized spacial score (nSPS) is 16.3. The highest BCUT2D eigenvalue weighted by atomic mass is 35.5. The van der Waals surface area contributed by atoms with E-state index in [0.717, 1.165) is 10.6 Å². The standard InChI is InChI=1S/C33H30Cl2F4N6O4/c1-5-22(46)42-9-10-43-17(14-42)7-11-49-30-27(43)18-12-21(33(37,38)39)44(29-23(36)19(34)13-20(35)24(29)40)31(47)28(18)45(32(30)48)26-16(4)6-8-41-25(26)15(2)3/h5-6,8,12-13,15,17H,1,7,9-11,14,40H2,2-4H3. The van der Waals surface area contributed by atoms with Gasteiger partial charge in [0.15, 0.2) is 5.82 Å². The molecular weight excluding hydrogens is 691 g/mol. The molecule has 5 heterocycles. The first-order valence-electron chi connectivity index (χ1n) is 15.2. The van der Waals surface area contributed by atoms with Gasteiger partial charge < -0.3 is 20.3 Å². The van der Waals surface area contributed by atoms with Gasteiger partial charge in [0.2, 0.25) is 11.7 Å². The van der Waals surface area contributed by atoms with Gasteiger partial charge in [0.1, 0.15) is 16.9 Å². The van der Waals surface area contributed by atoms with Crippen molar-refractivity contribution in [1.29, 1.82) is 0 Å². The molecule has 0 spiro atoms. The third kappa shape index (κ3) is 5.50. The molecule has 16 heteroatoms. The largest absolute Gasteiger partial charge is 0.486 e. The number of halogens is 6. The molecule has 6 rings (SSSR count). The number of piperazine rings is 1. The Bertz CT molecular complexity index is 2160. The topological polar surface area (TPSA) is 116 Å². The van der Waals surface area contributed by atoms with E-state index < -0.39 is 61.8 Å². The lowest BCUT2D eigenvalue weighted by Gasteiger charge is -2.42. The van der Waals surface area contributed by atoms with Gasteiger partial charge in [-0.05, 0) is 42.7 Å². The van der Waals surface area contributed by atoms with Crippen LogP contribution in [0.4, 0.5) is 28.9 Å². The number of amides is 1. The van der Waals surface area contributed by atoms with Crippen molar-refractivity contribution < 1.29 is 27.1 Å². The number of nitrogen functional groups attached to an aromatic ring is 1. The summed E-state index contributed by atoms with van der Waals surface area (Å²) in [6.07, 6.45) is -2.29. The highest BCUT2D eigenvalue weighted by molar-refractivity contribution is 6.37. The second-order valence-electron chi connectivity index (χ2n) is 12.2. The van der Waals surface area contributed by atoms with E-state index in [9.17, 15) is 14.4 Å². The smallest absolute Gasteiger partial charge is 0.431 e. The number of aromatic nitrogens is 3. The molecule has 1 saturated heterocycles. The van der Waals surface area contributed by atoms with E-state index >= 15 is 17.6 Å². The molecule has 1 aromatic carbocycles. The van der Waals surface area contributed by atoms with Crippen LogP contribution in [0.2, 0.25) is 10.0 Å². The number of pyridine rings is 3. The minimum atomic E-state index is -5.26. The van der Waals surface area contributed by atoms with E-state index in [-0.39, 0.29) is 65.1 Å². The number of ether oxygens (including phenoxy) is 1. The van der Waals surface area contributed by atoms with Crippen molar-refractivity contribution in [3.8, 4) is 17.1 Å². The van der Waals surface area contributed by atoms with Crippen LogP contribution in [0.3, 0.4) is 0 Å². The minimum Gasteiger partial charge on any atom is -0.486 e. The maximum atomic E-state index is 15.7. The minimum absolute atomic E-state index is 0.0138. The van der Waals surface area contributed by atoms with Crippen LogP contribution in [0.5, 0.6) is 5.75 Å². The van der Waals surface area contributed by atoms with Crippen molar-refractivity contribution in [3.63, 3.8) is 0 Å². The molecule has 1 amide bonds. The zero-order valence-corrected chi connectivity index (χ0v) is 28.0. The average Bonchev–Trinajstić information content (AvgIpc) is 3.24. The summed E-state index contributed by atoms with van der Waals surface area (Å²) >= 11 is 12.2. The second kappa shape index (κ2) is 12.4. The Kier molecular flexibility index (Phi) is 8.68. The molecular formula is C33H30Cl2F4N6O4. The van der Waals surface area contributed by atoms with Gasteiger partial charge in [0, 0.05) is 37.6 Å². The summed E-state index contributed by atoms with van der Waals surface area (Å²) in [7, 11) is 0. The summed E-state index contributed by atoms with van der Waals surface area (Å²) in [5.74, 6) is -2.35. The first-order valence-corrected chi connectivity index (χ1v) is 16.0. The van der Waals surface area contributed by atoms with Gasteiger partial charge in [-0.3, -0.25) is 28.5 Å². The van der Waals surface area contributed by atoms with Gasteiger partial charge in [-0.15, -0.1) is 0 Å². The lowest BCUT2D eigenvalue weighted by Crippen LogP contribution is -2.54. The quantitative estimate of drug-likeness (QED) is 0.119. The zero-order valence-electron chi connectivity index (χ0n) is 26.5. The van der Waals surface area contributed by atoms with Crippen LogP contribution in [0, 0.1) is 12.7 Å². The summed E-state index contributed by atoms with van der Waals surface area (Å²) in [6.45, 7) is 9.19. The van der Waals surface area contributed by atoms with Crippen molar-refractivity contribution in [2.75, 3.05) is 36.9 Å². The molecule has 3 aromatic heterocycles. The summed E-state index contributed by atoms with van der Waals surface area (Å²) in [5.41, 5.74) is 0.911. The number of benzene rings is 1. The number of aryl methyl sites for hydroxylation is 1. The van der Waals surface area contributed by atoms with Crippen LogP contribution < -0.4 is 26.5 Å². The fourth-order valence-corrected chi connectivity index (χ4v) is 7.06. The van der Waals surface area contributed by atoms with E-state index in [1.807, 2.05) is 0 Å². The average molecular weight is 722 g/mol. The summed E-state index contributed by atoms with van der Waals surface area (Å²) < 4.78 is 68.1. The highest BCUT2D eigenvalue weighted by Crippen LogP contribution is 2.43. The van der Waals surface area contributed by atoms with Gasteiger partial charge in [-0.25, -0.2) is 4.39 Å². The van der Waals surface area contributed by atoms with E-state index in [2.05, 4.69) is 11.6 Å². The number of anilines is 2. The fourth-order valence-electron chi connectivity index (χ4n) is 6.61. The molecule has 1 atom stereocenters. The molecule has 0 aliphatic carbocycles. The summed E-state index contributed by atoms with van der Waals surface area (Å²) in [6, 6.07) is 2.68. The lowest BCUT2D eigenvalue weighted by molar-refractivity contribution is -0.142. The molecule has 0 saturated carbocycles. The molecule has 258 valence electrons. The van der Waals surface area contributed by atoms with Crippen LogP contribution in [0.1, 0.15) is 43.1 Å². The molecule has 2 N–H and O–H groups in total. The molecule has 1 fully saturated rings. The van der Waals surface area contributed by atoms with Crippen LogP contribution in [0.15, 0.2) is 46.6 Å². The Balaban J connectivity index is 1.85. The van der Waals surface area contributed by atoms with E-state index in [1.165, 1.54) is 12.3 Å². The van der Waals surface area contributed by atoms with Crippen LogP contribution in [0.25, 0.3) is 22.3 Å². The molecule has 10 nitrogen and oxygen atoms in total. The number of carbonyl (C=O) groups is 1. The third-order valence-electron chi connectivity index (χ3n) is 8.85. The Hall–Kier alpha value is -4.56. The monoisotopic (exact) mass is 720 g/mol. The lowest BCUT2D eigenvalue weighted by atomic mass is 10.0.